The van der Waals surface area contributed by atoms with Gasteiger partial charge >= 0.3 is 0 Å². The van der Waals surface area contributed by atoms with Crippen LogP contribution in [0.4, 0.5) is 0 Å². The highest BCUT2D eigenvalue weighted by Gasteiger charge is 2.27. The fourth-order valence-corrected chi connectivity index (χ4v) is 1.05. The maximum atomic E-state index is 11.1. The highest BCUT2D eigenvalue weighted by molar-refractivity contribution is 6.11. The Hall–Kier alpha value is -1.10. The van der Waals surface area contributed by atoms with Gasteiger partial charge in [-0.2, -0.15) is 0 Å². The standard InChI is InChI=1S/C7H9BN2O2/c1-2-3-10-6(11)4-9(8)5-7(10)12/h2H,1,3-5H2. The lowest BCUT2D eigenvalue weighted by molar-refractivity contribution is -0.148. The summed E-state index contributed by atoms with van der Waals surface area (Å²) in [6.07, 6.45) is 1.52. The molecule has 62 valence electrons. The monoisotopic (exact) mass is 164 g/mol. The average molecular weight is 164 g/mol. The summed E-state index contributed by atoms with van der Waals surface area (Å²) in [5.41, 5.74) is 0. The van der Waals surface area contributed by atoms with Gasteiger partial charge in [-0.3, -0.25) is 14.5 Å². The van der Waals surface area contributed by atoms with E-state index in [0.29, 0.717) is 0 Å². The summed E-state index contributed by atoms with van der Waals surface area (Å²) in [6, 6.07) is 0. The van der Waals surface area contributed by atoms with Crippen LogP contribution in [-0.4, -0.2) is 49.1 Å². The molecule has 5 heteroatoms. The third-order valence-electron chi connectivity index (χ3n) is 1.59. The summed E-state index contributed by atoms with van der Waals surface area (Å²) < 4.78 is 0. The van der Waals surface area contributed by atoms with E-state index in [-0.39, 0.29) is 31.4 Å². The number of carbonyl (C=O) groups excluding carboxylic acids is 2. The Morgan fingerprint density at radius 1 is 1.42 bits per heavy atom. The van der Waals surface area contributed by atoms with Crippen molar-refractivity contribution in [3.63, 3.8) is 0 Å². The summed E-state index contributed by atoms with van der Waals surface area (Å²) in [5, 5.41) is 0. The molecule has 0 bridgehead atoms. The van der Waals surface area contributed by atoms with Crippen molar-refractivity contribution in [1.82, 2.24) is 9.71 Å². The zero-order valence-electron chi connectivity index (χ0n) is 6.69. The Labute approximate surface area is 72.3 Å². The molecule has 0 spiro atoms. The average Bonchev–Trinajstić information content (AvgIpc) is 1.96. The molecule has 12 heavy (non-hydrogen) atoms. The first-order valence-electron chi connectivity index (χ1n) is 3.59. The van der Waals surface area contributed by atoms with Crippen LogP contribution < -0.4 is 0 Å². The zero-order valence-corrected chi connectivity index (χ0v) is 6.69. The number of piperazine rings is 1. The lowest BCUT2D eigenvalue weighted by Crippen LogP contribution is -2.52. The third kappa shape index (κ3) is 1.74. The van der Waals surface area contributed by atoms with Crippen LogP contribution >= 0.6 is 0 Å². The summed E-state index contributed by atoms with van der Waals surface area (Å²) in [4.78, 5) is 24.6. The van der Waals surface area contributed by atoms with Crippen molar-refractivity contribution < 1.29 is 9.59 Å². The molecule has 2 amide bonds. The Morgan fingerprint density at radius 2 is 1.92 bits per heavy atom. The molecule has 1 aliphatic heterocycles. The van der Waals surface area contributed by atoms with Crippen LogP contribution in [0.2, 0.25) is 0 Å². The second-order valence-electron chi connectivity index (χ2n) is 2.59. The zero-order chi connectivity index (χ0) is 9.14. The Balaban J connectivity index is 2.66. The lowest BCUT2D eigenvalue weighted by atomic mass is 10.2. The van der Waals surface area contributed by atoms with Crippen LogP contribution in [0, 0.1) is 0 Å². The molecular formula is C7H9BN2O2. The number of hydrogen-bond donors (Lipinski definition) is 0. The van der Waals surface area contributed by atoms with Gasteiger partial charge in [0.05, 0.1) is 13.1 Å². The van der Waals surface area contributed by atoms with E-state index in [2.05, 4.69) is 6.58 Å². The minimum atomic E-state index is -0.270. The molecule has 1 heterocycles. The van der Waals surface area contributed by atoms with Gasteiger partial charge in [0.1, 0.15) is 0 Å². The number of imide groups is 1. The van der Waals surface area contributed by atoms with Crippen LogP contribution in [0.1, 0.15) is 0 Å². The van der Waals surface area contributed by atoms with Gasteiger partial charge in [-0.05, 0) is 0 Å². The van der Waals surface area contributed by atoms with E-state index >= 15 is 0 Å². The first-order valence-corrected chi connectivity index (χ1v) is 3.59. The largest absolute Gasteiger partial charge is 0.338 e. The summed E-state index contributed by atoms with van der Waals surface area (Å²) >= 11 is 0. The first kappa shape index (κ1) is 9.00. The topological polar surface area (TPSA) is 40.6 Å². The maximum Gasteiger partial charge on any atom is 0.242 e. The Morgan fingerprint density at radius 3 is 2.33 bits per heavy atom. The molecule has 0 saturated carbocycles. The number of carbonyl (C=O) groups is 2. The number of hydrogen-bond acceptors (Lipinski definition) is 3. The van der Waals surface area contributed by atoms with Gasteiger partial charge in [0.25, 0.3) is 0 Å². The first-order chi connectivity index (χ1) is 5.65. The van der Waals surface area contributed by atoms with Crippen molar-refractivity contribution in [3.8, 4) is 0 Å². The normalized spacial score (nSPS) is 19.8. The molecule has 0 aromatic rings. The van der Waals surface area contributed by atoms with E-state index in [1.165, 1.54) is 10.9 Å². The predicted octanol–water partition coefficient (Wildman–Crippen LogP) is -1.07. The van der Waals surface area contributed by atoms with Crippen molar-refractivity contribution in [1.29, 1.82) is 0 Å². The highest BCUT2D eigenvalue weighted by Crippen LogP contribution is 2.01. The fourth-order valence-electron chi connectivity index (χ4n) is 1.05. The maximum absolute atomic E-state index is 11.1. The second-order valence-corrected chi connectivity index (χ2v) is 2.59. The van der Waals surface area contributed by atoms with Gasteiger partial charge in [-0.1, -0.05) is 6.08 Å². The van der Waals surface area contributed by atoms with Gasteiger partial charge in [-0.25, -0.2) is 0 Å². The van der Waals surface area contributed by atoms with Crippen LogP contribution in [0.3, 0.4) is 0 Å². The summed E-state index contributed by atoms with van der Waals surface area (Å²) in [5.74, 6) is -0.540. The highest BCUT2D eigenvalue weighted by atomic mass is 16.2. The fraction of sp³-hybridized carbons (Fsp3) is 0.429. The molecule has 0 N–H and O–H groups in total. The van der Waals surface area contributed by atoms with Gasteiger partial charge in [-0.15, -0.1) is 6.58 Å². The quantitative estimate of drug-likeness (QED) is 0.296. The van der Waals surface area contributed by atoms with Crippen molar-refractivity contribution in [2.24, 2.45) is 0 Å². The summed E-state index contributed by atoms with van der Waals surface area (Å²) in [7, 11) is 5.31. The third-order valence-corrected chi connectivity index (χ3v) is 1.59. The molecule has 1 rings (SSSR count). The van der Waals surface area contributed by atoms with E-state index in [0.717, 1.165) is 4.90 Å². The molecule has 1 fully saturated rings. The molecule has 0 atom stereocenters. The van der Waals surface area contributed by atoms with Crippen molar-refractivity contribution >= 4 is 19.8 Å². The van der Waals surface area contributed by atoms with Crippen LogP contribution in [0.25, 0.3) is 0 Å². The van der Waals surface area contributed by atoms with Crippen molar-refractivity contribution in [2.75, 3.05) is 19.6 Å². The van der Waals surface area contributed by atoms with E-state index < -0.39 is 0 Å². The number of amides is 2. The lowest BCUT2D eigenvalue weighted by Gasteiger charge is -2.29. The molecule has 1 aliphatic rings. The van der Waals surface area contributed by atoms with Crippen LogP contribution in [0.5, 0.6) is 0 Å². The van der Waals surface area contributed by atoms with Gasteiger partial charge in [0, 0.05) is 6.54 Å². The molecule has 0 aromatic carbocycles. The minimum absolute atomic E-state index is 0.0968. The summed E-state index contributed by atoms with van der Waals surface area (Å²) in [6.45, 7) is 3.91. The smallest absolute Gasteiger partial charge is 0.242 e. The molecular weight excluding hydrogens is 155 g/mol. The Bertz CT molecular complexity index is 211. The molecule has 2 radical (unpaired) electrons. The van der Waals surface area contributed by atoms with Crippen LogP contribution in [0.15, 0.2) is 12.7 Å². The van der Waals surface area contributed by atoms with E-state index in [4.69, 9.17) is 7.98 Å². The van der Waals surface area contributed by atoms with Crippen molar-refractivity contribution in [3.05, 3.63) is 12.7 Å². The van der Waals surface area contributed by atoms with E-state index in [9.17, 15) is 9.59 Å². The molecule has 0 aromatic heterocycles. The molecule has 4 nitrogen and oxygen atoms in total. The van der Waals surface area contributed by atoms with Gasteiger partial charge in [0.15, 0.2) is 7.98 Å². The molecule has 0 unspecified atom stereocenters. The number of rotatable bonds is 2. The van der Waals surface area contributed by atoms with Crippen molar-refractivity contribution in [2.45, 2.75) is 0 Å². The van der Waals surface area contributed by atoms with E-state index in [1.54, 1.807) is 0 Å². The minimum Gasteiger partial charge on any atom is -0.338 e. The molecule has 1 saturated heterocycles. The van der Waals surface area contributed by atoms with Crippen LogP contribution in [-0.2, 0) is 9.59 Å². The Kier molecular flexibility index (Phi) is 2.65. The van der Waals surface area contributed by atoms with E-state index in [1.807, 2.05) is 0 Å². The second kappa shape index (κ2) is 3.54. The predicted molar refractivity (Wildman–Crippen MR) is 44.2 cm³/mol. The SMILES string of the molecule is [B]N1CC(=O)N(CC=C)C(=O)C1. The number of nitrogens with zero attached hydrogens (tertiary/aromatic N) is 2. The van der Waals surface area contributed by atoms with Gasteiger partial charge in [0.2, 0.25) is 11.8 Å². The van der Waals surface area contributed by atoms with Gasteiger partial charge < -0.3 is 4.81 Å². The molecule has 0 aliphatic carbocycles.